The molecular formula is C15H22N2O2. The van der Waals surface area contributed by atoms with Gasteiger partial charge in [-0.1, -0.05) is 6.07 Å². The second-order valence-electron chi connectivity index (χ2n) is 5.63. The number of hydrogen-bond acceptors (Lipinski definition) is 3. The van der Waals surface area contributed by atoms with Gasteiger partial charge in [0.25, 0.3) is 5.91 Å². The first-order valence-corrected chi connectivity index (χ1v) is 6.64. The fraction of sp³-hybridized carbons (Fsp3) is 0.533. The number of carbonyl (C=O) groups excluding carboxylic acids is 1. The molecule has 0 unspecified atom stereocenters. The van der Waals surface area contributed by atoms with Crippen molar-refractivity contribution in [3.63, 3.8) is 0 Å². The molecule has 0 bridgehead atoms. The Morgan fingerprint density at radius 1 is 1.42 bits per heavy atom. The Bertz CT molecular complexity index is 483. The average Bonchev–Trinajstić information content (AvgIpc) is 2.36. The summed E-state index contributed by atoms with van der Waals surface area (Å²) < 4.78 is 5.65. The molecule has 1 aromatic rings. The third kappa shape index (κ3) is 3.07. The molecule has 0 spiro atoms. The van der Waals surface area contributed by atoms with Crippen molar-refractivity contribution in [3.8, 4) is 0 Å². The van der Waals surface area contributed by atoms with E-state index in [0.29, 0.717) is 19.7 Å². The van der Waals surface area contributed by atoms with Gasteiger partial charge in [-0.2, -0.15) is 0 Å². The summed E-state index contributed by atoms with van der Waals surface area (Å²) in [6.45, 7) is 7.93. The smallest absolute Gasteiger partial charge is 0.256 e. The monoisotopic (exact) mass is 262 g/mol. The van der Waals surface area contributed by atoms with Gasteiger partial charge >= 0.3 is 0 Å². The van der Waals surface area contributed by atoms with Crippen molar-refractivity contribution in [1.29, 1.82) is 0 Å². The van der Waals surface area contributed by atoms with Crippen molar-refractivity contribution < 1.29 is 9.53 Å². The molecule has 2 rings (SSSR count). The fourth-order valence-electron chi connectivity index (χ4n) is 2.41. The van der Waals surface area contributed by atoms with Crippen LogP contribution in [0, 0.1) is 6.92 Å². The molecule has 1 N–H and O–H groups in total. The Morgan fingerprint density at radius 3 is 2.79 bits per heavy atom. The van der Waals surface area contributed by atoms with E-state index in [1.54, 1.807) is 0 Å². The molecule has 1 aliphatic heterocycles. The van der Waals surface area contributed by atoms with Gasteiger partial charge in [-0.25, -0.2) is 0 Å². The van der Waals surface area contributed by atoms with Crippen LogP contribution in [-0.2, 0) is 4.74 Å². The van der Waals surface area contributed by atoms with E-state index >= 15 is 0 Å². The van der Waals surface area contributed by atoms with E-state index in [1.807, 2.05) is 50.9 Å². The SMILES string of the molecule is CNc1cc(C)ccc1C(=O)N1CCOC(C)(C)C1. The molecule has 1 fully saturated rings. The van der Waals surface area contributed by atoms with Gasteiger partial charge < -0.3 is 15.0 Å². The normalized spacial score (nSPS) is 18.2. The maximum Gasteiger partial charge on any atom is 0.256 e. The molecule has 1 aliphatic rings. The van der Waals surface area contributed by atoms with Crippen molar-refractivity contribution in [1.82, 2.24) is 4.90 Å². The van der Waals surface area contributed by atoms with Crippen molar-refractivity contribution in [2.24, 2.45) is 0 Å². The van der Waals surface area contributed by atoms with Crippen LogP contribution < -0.4 is 5.32 Å². The van der Waals surface area contributed by atoms with Crippen molar-refractivity contribution in [2.45, 2.75) is 26.4 Å². The number of amides is 1. The molecule has 1 heterocycles. The molecule has 0 atom stereocenters. The Kier molecular flexibility index (Phi) is 3.80. The first-order chi connectivity index (χ1) is 8.93. The molecule has 0 aliphatic carbocycles. The van der Waals surface area contributed by atoms with Gasteiger partial charge in [-0.15, -0.1) is 0 Å². The number of aryl methyl sites for hydroxylation is 1. The summed E-state index contributed by atoms with van der Waals surface area (Å²) in [5.41, 5.74) is 2.49. The first kappa shape index (κ1) is 13.9. The molecule has 4 heteroatoms. The molecule has 0 aromatic heterocycles. The zero-order valence-electron chi connectivity index (χ0n) is 12.1. The lowest BCUT2D eigenvalue weighted by Crippen LogP contribution is -2.50. The molecule has 0 saturated carbocycles. The Morgan fingerprint density at radius 2 is 2.16 bits per heavy atom. The minimum absolute atomic E-state index is 0.0701. The van der Waals surface area contributed by atoms with Crippen LogP contribution in [0.2, 0.25) is 0 Å². The van der Waals surface area contributed by atoms with Crippen molar-refractivity contribution in [2.75, 3.05) is 32.1 Å². The van der Waals surface area contributed by atoms with E-state index in [2.05, 4.69) is 5.32 Å². The molecule has 1 amide bonds. The zero-order valence-corrected chi connectivity index (χ0v) is 12.1. The summed E-state index contributed by atoms with van der Waals surface area (Å²) in [7, 11) is 1.84. The highest BCUT2D eigenvalue weighted by Crippen LogP contribution is 2.23. The molecule has 1 aromatic carbocycles. The predicted octanol–water partition coefficient (Wildman–Crippen LogP) is 2.29. The van der Waals surface area contributed by atoms with Gasteiger partial charge in [0.1, 0.15) is 0 Å². The topological polar surface area (TPSA) is 41.6 Å². The number of anilines is 1. The quantitative estimate of drug-likeness (QED) is 0.889. The number of nitrogens with zero attached hydrogens (tertiary/aromatic N) is 1. The van der Waals surface area contributed by atoms with E-state index in [0.717, 1.165) is 16.8 Å². The van der Waals surface area contributed by atoms with Gasteiger partial charge in [0, 0.05) is 25.8 Å². The van der Waals surface area contributed by atoms with Gasteiger partial charge in [-0.05, 0) is 38.5 Å². The van der Waals surface area contributed by atoms with Crippen LogP contribution in [0.25, 0.3) is 0 Å². The molecular weight excluding hydrogens is 240 g/mol. The van der Waals surface area contributed by atoms with Gasteiger partial charge in [0.15, 0.2) is 0 Å². The van der Waals surface area contributed by atoms with E-state index in [1.165, 1.54) is 0 Å². The minimum atomic E-state index is -0.265. The molecule has 1 saturated heterocycles. The number of hydrogen-bond donors (Lipinski definition) is 1. The lowest BCUT2D eigenvalue weighted by Gasteiger charge is -2.38. The maximum atomic E-state index is 12.6. The number of benzene rings is 1. The largest absolute Gasteiger partial charge is 0.387 e. The summed E-state index contributed by atoms with van der Waals surface area (Å²) in [4.78, 5) is 14.5. The zero-order chi connectivity index (χ0) is 14.0. The van der Waals surface area contributed by atoms with Crippen LogP contribution in [0.4, 0.5) is 5.69 Å². The lowest BCUT2D eigenvalue weighted by molar-refractivity contribution is -0.0763. The summed E-state index contributed by atoms with van der Waals surface area (Å²) in [5, 5.41) is 3.10. The third-order valence-electron chi connectivity index (χ3n) is 3.39. The van der Waals surface area contributed by atoms with Crippen LogP contribution in [0.15, 0.2) is 18.2 Å². The molecule has 4 nitrogen and oxygen atoms in total. The standard InChI is InChI=1S/C15H22N2O2/c1-11-5-6-12(13(9-11)16-4)14(18)17-7-8-19-15(2,3)10-17/h5-6,9,16H,7-8,10H2,1-4H3. The van der Waals surface area contributed by atoms with Crippen LogP contribution in [0.3, 0.4) is 0 Å². The summed E-state index contributed by atoms with van der Waals surface area (Å²) in [6.07, 6.45) is 0. The van der Waals surface area contributed by atoms with Crippen LogP contribution in [0.5, 0.6) is 0 Å². The Labute approximate surface area is 114 Å². The highest BCUT2D eigenvalue weighted by Gasteiger charge is 2.31. The maximum absolute atomic E-state index is 12.6. The van der Waals surface area contributed by atoms with Crippen LogP contribution >= 0.6 is 0 Å². The third-order valence-corrected chi connectivity index (χ3v) is 3.39. The predicted molar refractivity (Wildman–Crippen MR) is 76.7 cm³/mol. The van der Waals surface area contributed by atoms with Crippen molar-refractivity contribution >= 4 is 11.6 Å². The lowest BCUT2D eigenvalue weighted by atomic mass is 10.0. The number of morpholine rings is 1. The summed E-state index contributed by atoms with van der Waals surface area (Å²) in [6, 6.07) is 5.87. The van der Waals surface area contributed by atoms with Crippen LogP contribution in [-0.4, -0.2) is 43.2 Å². The van der Waals surface area contributed by atoms with Crippen molar-refractivity contribution in [3.05, 3.63) is 29.3 Å². The van der Waals surface area contributed by atoms with E-state index in [9.17, 15) is 4.79 Å². The summed E-state index contributed by atoms with van der Waals surface area (Å²) in [5.74, 6) is 0.0701. The number of ether oxygens (including phenoxy) is 1. The Hall–Kier alpha value is -1.55. The van der Waals surface area contributed by atoms with E-state index in [-0.39, 0.29) is 11.5 Å². The van der Waals surface area contributed by atoms with Gasteiger partial charge in [-0.3, -0.25) is 4.79 Å². The van der Waals surface area contributed by atoms with E-state index in [4.69, 9.17) is 4.74 Å². The number of nitrogens with one attached hydrogen (secondary N) is 1. The molecule has 19 heavy (non-hydrogen) atoms. The second-order valence-corrected chi connectivity index (χ2v) is 5.63. The van der Waals surface area contributed by atoms with E-state index < -0.39 is 0 Å². The second kappa shape index (κ2) is 5.21. The van der Waals surface area contributed by atoms with Gasteiger partial charge in [0.2, 0.25) is 0 Å². The Balaban J connectivity index is 2.24. The molecule has 0 radical (unpaired) electrons. The van der Waals surface area contributed by atoms with Crippen LogP contribution in [0.1, 0.15) is 29.8 Å². The highest BCUT2D eigenvalue weighted by molar-refractivity contribution is 5.99. The fourth-order valence-corrected chi connectivity index (χ4v) is 2.41. The highest BCUT2D eigenvalue weighted by atomic mass is 16.5. The number of rotatable bonds is 2. The first-order valence-electron chi connectivity index (χ1n) is 6.64. The molecule has 104 valence electrons. The minimum Gasteiger partial charge on any atom is -0.387 e. The van der Waals surface area contributed by atoms with Gasteiger partial charge in [0.05, 0.1) is 17.8 Å². The average molecular weight is 262 g/mol. The summed E-state index contributed by atoms with van der Waals surface area (Å²) >= 11 is 0. The number of carbonyl (C=O) groups is 1.